The summed E-state index contributed by atoms with van der Waals surface area (Å²) in [4.78, 5) is 27.9. The zero-order valence-corrected chi connectivity index (χ0v) is 17.2. The summed E-state index contributed by atoms with van der Waals surface area (Å²) in [5.41, 5.74) is 3.52. The van der Waals surface area contributed by atoms with E-state index in [1.165, 1.54) is 10.7 Å². The fourth-order valence-corrected chi connectivity index (χ4v) is 3.66. The lowest BCUT2D eigenvalue weighted by Gasteiger charge is -2.17. The Morgan fingerprint density at radius 2 is 1.76 bits per heavy atom. The second-order valence-corrected chi connectivity index (χ2v) is 7.69. The maximum atomic E-state index is 13.0. The van der Waals surface area contributed by atoms with Crippen LogP contribution in [-0.4, -0.2) is 28.4 Å². The molecule has 2 aromatic heterocycles. The summed E-state index contributed by atoms with van der Waals surface area (Å²) in [6, 6.07) is 16.6. The molecule has 1 N–H and O–H groups in total. The largest absolute Gasteiger partial charge is 0.378 e. The van der Waals surface area contributed by atoms with Gasteiger partial charge < -0.3 is 9.47 Å². The van der Waals surface area contributed by atoms with Gasteiger partial charge in [-0.15, -0.1) is 0 Å². The molecule has 0 saturated heterocycles. The molecule has 2 aromatic carbocycles. The Bertz CT molecular complexity index is 1310. The molecule has 0 radical (unpaired) electrons. The number of nitrogens with one attached hydrogen (secondary N) is 1. The van der Waals surface area contributed by atoms with Crippen LogP contribution in [0.4, 0.5) is 5.69 Å². The molecule has 7 heteroatoms. The molecule has 4 rings (SSSR count). The van der Waals surface area contributed by atoms with Gasteiger partial charge in [0.25, 0.3) is 11.1 Å². The average Bonchev–Trinajstić information content (AvgIpc) is 2.97. The van der Waals surface area contributed by atoms with Gasteiger partial charge in [0.2, 0.25) is 0 Å². The minimum Gasteiger partial charge on any atom is -0.378 e. The van der Waals surface area contributed by atoms with Gasteiger partial charge in [0, 0.05) is 37.9 Å². The molecular weight excluding hydrogens is 388 g/mol. The normalized spacial score (nSPS) is 11.2. The van der Waals surface area contributed by atoms with Crippen LogP contribution in [0.1, 0.15) is 5.56 Å². The van der Waals surface area contributed by atoms with Crippen molar-refractivity contribution >= 4 is 28.2 Å². The van der Waals surface area contributed by atoms with Crippen molar-refractivity contribution in [2.75, 3.05) is 19.0 Å². The number of hydrogen-bond donors (Lipinski definition) is 1. The Kier molecular flexibility index (Phi) is 4.80. The van der Waals surface area contributed by atoms with Gasteiger partial charge in [-0.2, -0.15) is 0 Å². The van der Waals surface area contributed by atoms with Crippen LogP contribution < -0.4 is 16.0 Å². The highest BCUT2D eigenvalue weighted by atomic mass is 35.5. The Balaban J connectivity index is 1.99. The van der Waals surface area contributed by atoms with E-state index < -0.39 is 0 Å². The van der Waals surface area contributed by atoms with Crippen LogP contribution in [0.5, 0.6) is 0 Å². The van der Waals surface area contributed by atoms with E-state index in [0.717, 1.165) is 16.8 Å². The zero-order valence-electron chi connectivity index (χ0n) is 16.4. The lowest BCUT2D eigenvalue weighted by molar-refractivity contribution is 0.751. The molecule has 0 bridgehead atoms. The molecule has 148 valence electrons. The quantitative estimate of drug-likeness (QED) is 0.562. The molecule has 0 aliphatic rings. The molecule has 0 atom stereocenters. The maximum Gasteiger partial charge on any atom is 0.276 e. The van der Waals surface area contributed by atoms with Crippen LogP contribution in [0, 0.1) is 0 Å². The monoisotopic (exact) mass is 408 g/mol. The smallest absolute Gasteiger partial charge is 0.276 e. The van der Waals surface area contributed by atoms with Crippen molar-refractivity contribution in [1.82, 2.24) is 14.3 Å². The first-order chi connectivity index (χ1) is 13.8. The van der Waals surface area contributed by atoms with E-state index in [1.54, 1.807) is 23.7 Å². The molecule has 29 heavy (non-hydrogen) atoms. The van der Waals surface area contributed by atoms with Crippen LogP contribution in [0.2, 0.25) is 5.02 Å². The maximum absolute atomic E-state index is 13.0. The van der Waals surface area contributed by atoms with Crippen LogP contribution in [-0.2, 0) is 13.6 Å². The third-order valence-corrected chi connectivity index (χ3v) is 5.25. The Labute approximate surface area is 172 Å². The molecule has 6 nitrogen and oxygen atoms in total. The summed E-state index contributed by atoms with van der Waals surface area (Å²) in [5.74, 6) is 0. The number of aromatic amines is 1. The molecule has 0 saturated carbocycles. The van der Waals surface area contributed by atoms with Crippen molar-refractivity contribution in [2.24, 2.45) is 7.05 Å². The van der Waals surface area contributed by atoms with Gasteiger partial charge in [-0.1, -0.05) is 35.9 Å². The van der Waals surface area contributed by atoms with Gasteiger partial charge in [0.05, 0.1) is 23.1 Å². The Morgan fingerprint density at radius 1 is 1.03 bits per heavy atom. The van der Waals surface area contributed by atoms with Gasteiger partial charge in [-0.25, -0.2) is 0 Å². The van der Waals surface area contributed by atoms with Crippen molar-refractivity contribution in [1.29, 1.82) is 0 Å². The number of nitrogens with zero attached hydrogens (tertiary/aromatic N) is 3. The molecule has 0 fully saturated rings. The van der Waals surface area contributed by atoms with Gasteiger partial charge in [-0.3, -0.25) is 19.4 Å². The third-order valence-electron chi connectivity index (χ3n) is 5.00. The van der Waals surface area contributed by atoms with E-state index in [9.17, 15) is 9.59 Å². The summed E-state index contributed by atoms with van der Waals surface area (Å²) >= 11 is 6.06. The van der Waals surface area contributed by atoms with Crippen molar-refractivity contribution in [3.05, 3.63) is 85.9 Å². The van der Waals surface area contributed by atoms with Gasteiger partial charge in [0.15, 0.2) is 0 Å². The van der Waals surface area contributed by atoms with Crippen molar-refractivity contribution < 1.29 is 0 Å². The second-order valence-electron chi connectivity index (χ2n) is 7.25. The van der Waals surface area contributed by atoms with Gasteiger partial charge >= 0.3 is 0 Å². The first kappa shape index (κ1) is 19.1. The highest BCUT2D eigenvalue weighted by molar-refractivity contribution is 6.30. The molecule has 2 heterocycles. The summed E-state index contributed by atoms with van der Waals surface area (Å²) in [6.45, 7) is 0.350. The summed E-state index contributed by atoms with van der Waals surface area (Å²) in [7, 11) is 5.59. The van der Waals surface area contributed by atoms with E-state index in [0.29, 0.717) is 28.2 Å². The highest BCUT2D eigenvalue weighted by Gasteiger charge is 2.18. The number of aromatic nitrogens is 3. The van der Waals surface area contributed by atoms with E-state index >= 15 is 0 Å². The number of H-pyrrole nitrogens is 1. The first-order valence-electron chi connectivity index (χ1n) is 9.20. The third kappa shape index (κ3) is 3.47. The number of rotatable bonds is 4. The number of pyridine rings is 1. The second kappa shape index (κ2) is 7.29. The van der Waals surface area contributed by atoms with E-state index in [2.05, 4.69) is 5.10 Å². The minimum absolute atomic E-state index is 0.180. The van der Waals surface area contributed by atoms with Crippen LogP contribution >= 0.6 is 11.6 Å². The predicted molar refractivity (Wildman–Crippen MR) is 118 cm³/mol. The van der Waals surface area contributed by atoms with Gasteiger partial charge in [0.1, 0.15) is 0 Å². The number of benzene rings is 2. The molecule has 0 aliphatic carbocycles. The zero-order chi connectivity index (χ0) is 20.7. The van der Waals surface area contributed by atoms with Crippen molar-refractivity contribution in [3.63, 3.8) is 0 Å². The summed E-state index contributed by atoms with van der Waals surface area (Å²) < 4.78 is 3.04. The minimum atomic E-state index is -0.181. The molecule has 4 aromatic rings. The molecule has 0 aliphatic heterocycles. The van der Waals surface area contributed by atoms with Crippen LogP contribution in [0.25, 0.3) is 22.2 Å². The number of hydrogen-bond acceptors (Lipinski definition) is 3. The number of halogens is 1. The first-order valence-corrected chi connectivity index (χ1v) is 9.57. The van der Waals surface area contributed by atoms with E-state index in [4.69, 9.17) is 11.6 Å². The molecule has 0 amide bonds. The topological polar surface area (TPSA) is 63.0 Å². The molecular formula is C22H21ClN4O2. The SMILES string of the molecule is CN(C)c1cccc(Cn2c(-c3ccc(Cl)cc3)c3c(=O)n(C)[nH]c3cc2=O)c1. The van der Waals surface area contributed by atoms with Crippen molar-refractivity contribution in [3.8, 4) is 11.3 Å². The fraction of sp³-hybridized carbons (Fsp3) is 0.182. The fourth-order valence-electron chi connectivity index (χ4n) is 3.53. The number of aryl methyl sites for hydroxylation is 1. The van der Waals surface area contributed by atoms with Crippen LogP contribution in [0.3, 0.4) is 0 Å². The Hall–Kier alpha value is -3.25. The molecule has 0 spiro atoms. The number of anilines is 1. The van der Waals surface area contributed by atoms with E-state index in [-0.39, 0.29) is 11.1 Å². The lowest BCUT2D eigenvalue weighted by atomic mass is 10.1. The van der Waals surface area contributed by atoms with Gasteiger partial charge in [-0.05, 0) is 35.4 Å². The average molecular weight is 409 g/mol. The predicted octanol–water partition coefficient (Wildman–Crippen LogP) is 3.46. The van der Waals surface area contributed by atoms with Crippen molar-refractivity contribution in [2.45, 2.75) is 6.54 Å². The summed E-state index contributed by atoms with van der Waals surface area (Å²) in [5, 5.41) is 4.04. The standard InChI is InChI=1S/C22H21ClN4O2/c1-25(2)17-6-4-5-14(11-17)13-27-19(28)12-18-20(22(29)26(3)24-18)21(27)15-7-9-16(23)10-8-15/h4-12,24H,13H2,1-3H3. The lowest BCUT2D eigenvalue weighted by Crippen LogP contribution is -2.23. The Morgan fingerprint density at radius 3 is 2.45 bits per heavy atom. The van der Waals surface area contributed by atoms with Crippen LogP contribution in [0.15, 0.2) is 64.2 Å². The summed E-state index contributed by atoms with van der Waals surface area (Å²) in [6.07, 6.45) is 0. The van der Waals surface area contributed by atoms with E-state index in [1.807, 2.05) is 55.4 Å². The molecule has 0 unspecified atom stereocenters. The number of fused-ring (bicyclic) bond motifs is 1. The highest BCUT2D eigenvalue weighted by Crippen LogP contribution is 2.27.